The summed E-state index contributed by atoms with van der Waals surface area (Å²) in [7, 11) is 1.70. The van der Waals surface area contributed by atoms with Gasteiger partial charge in [-0.3, -0.25) is 0 Å². The number of hydrogen-bond donors (Lipinski definition) is 2. The highest BCUT2D eigenvalue weighted by atomic mass is 16.5. The fourth-order valence-corrected chi connectivity index (χ4v) is 1.68. The predicted molar refractivity (Wildman–Crippen MR) is 67.7 cm³/mol. The van der Waals surface area contributed by atoms with Gasteiger partial charge in [-0.1, -0.05) is 12.1 Å². The maximum Gasteiger partial charge on any atom is 0.121 e. The number of nitrogens with one attached hydrogen (secondary N) is 1. The van der Waals surface area contributed by atoms with Crippen molar-refractivity contribution >= 4 is 0 Å². The third-order valence-electron chi connectivity index (χ3n) is 2.60. The van der Waals surface area contributed by atoms with Crippen LogP contribution in [-0.2, 0) is 6.54 Å². The van der Waals surface area contributed by atoms with Crippen molar-refractivity contribution in [2.24, 2.45) is 5.73 Å². The van der Waals surface area contributed by atoms with E-state index in [1.54, 1.807) is 7.11 Å². The smallest absolute Gasteiger partial charge is 0.121 e. The summed E-state index contributed by atoms with van der Waals surface area (Å²) in [6, 6.07) is 6.28. The van der Waals surface area contributed by atoms with Crippen LogP contribution in [0.4, 0.5) is 0 Å². The standard InChI is InChI=1S/C13H22N2O/c1-11-9-12(5-6-13(11)16-2)10-15-8-4-3-7-14/h5-6,9,15H,3-4,7-8,10,14H2,1-2H3. The molecule has 0 atom stereocenters. The van der Waals surface area contributed by atoms with Crippen LogP contribution in [0.25, 0.3) is 0 Å². The van der Waals surface area contributed by atoms with E-state index >= 15 is 0 Å². The fraction of sp³-hybridized carbons (Fsp3) is 0.538. The third kappa shape index (κ3) is 4.21. The Bertz CT molecular complexity index is 313. The van der Waals surface area contributed by atoms with Crippen LogP contribution >= 0.6 is 0 Å². The van der Waals surface area contributed by atoms with Crippen LogP contribution in [-0.4, -0.2) is 20.2 Å². The van der Waals surface area contributed by atoms with Crippen molar-refractivity contribution in [3.8, 4) is 5.75 Å². The maximum atomic E-state index is 5.43. The van der Waals surface area contributed by atoms with Crippen LogP contribution in [0.2, 0.25) is 0 Å². The van der Waals surface area contributed by atoms with Gasteiger partial charge in [-0.2, -0.15) is 0 Å². The van der Waals surface area contributed by atoms with Gasteiger partial charge >= 0.3 is 0 Å². The van der Waals surface area contributed by atoms with Gasteiger partial charge in [0.2, 0.25) is 0 Å². The summed E-state index contributed by atoms with van der Waals surface area (Å²) < 4.78 is 5.22. The van der Waals surface area contributed by atoms with Crippen molar-refractivity contribution < 1.29 is 4.74 Å². The first-order valence-corrected chi connectivity index (χ1v) is 5.82. The zero-order valence-corrected chi connectivity index (χ0v) is 10.3. The number of methoxy groups -OCH3 is 1. The lowest BCUT2D eigenvalue weighted by Gasteiger charge is -2.08. The molecule has 16 heavy (non-hydrogen) atoms. The van der Waals surface area contributed by atoms with Crippen LogP contribution in [0, 0.1) is 6.92 Å². The molecule has 0 aliphatic rings. The summed E-state index contributed by atoms with van der Waals surface area (Å²) in [6.45, 7) is 4.79. The van der Waals surface area contributed by atoms with Crippen molar-refractivity contribution in [3.05, 3.63) is 29.3 Å². The molecule has 0 saturated heterocycles. The minimum Gasteiger partial charge on any atom is -0.496 e. The maximum absolute atomic E-state index is 5.43. The molecule has 0 aliphatic heterocycles. The van der Waals surface area contributed by atoms with Gasteiger partial charge in [0, 0.05) is 6.54 Å². The van der Waals surface area contributed by atoms with E-state index < -0.39 is 0 Å². The molecule has 0 aliphatic carbocycles. The fourth-order valence-electron chi connectivity index (χ4n) is 1.68. The van der Waals surface area contributed by atoms with E-state index in [9.17, 15) is 0 Å². The van der Waals surface area contributed by atoms with E-state index in [1.807, 2.05) is 6.07 Å². The molecule has 1 aromatic carbocycles. The second kappa shape index (κ2) is 7.25. The molecule has 0 spiro atoms. The van der Waals surface area contributed by atoms with Crippen LogP contribution in [0.3, 0.4) is 0 Å². The summed E-state index contributed by atoms with van der Waals surface area (Å²) in [5, 5.41) is 3.40. The second-order valence-electron chi connectivity index (χ2n) is 3.98. The second-order valence-corrected chi connectivity index (χ2v) is 3.98. The molecule has 0 aromatic heterocycles. The number of benzene rings is 1. The lowest BCUT2D eigenvalue weighted by molar-refractivity contribution is 0.411. The zero-order chi connectivity index (χ0) is 11.8. The highest BCUT2D eigenvalue weighted by Crippen LogP contribution is 2.18. The van der Waals surface area contributed by atoms with Crippen molar-refractivity contribution in [2.45, 2.75) is 26.3 Å². The molecule has 1 rings (SSSR count). The first kappa shape index (κ1) is 13.0. The molecule has 0 heterocycles. The predicted octanol–water partition coefficient (Wildman–Crippen LogP) is 1.83. The number of ether oxygens (including phenoxy) is 1. The molecule has 3 nitrogen and oxygen atoms in total. The Balaban J connectivity index is 2.34. The van der Waals surface area contributed by atoms with E-state index in [0.29, 0.717) is 0 Å². The van der Waals surface area contributed by atoms with Gasteiger partial charge in [0.05, 0.1) is 7.11 Å². The average molecular weight is 222 g/mol. The van der Waals surface area contributed by atoms with Crippen molar-refractivity contribution in [2.75, 3.05) is 20.2 Å². The van der Waals surface area contributed by atoms with Gasteiger partial charge in [0.25, 0.3) is 0 Å². The summed E-state index contributed by atoms with van der Waals surface area (Å²) in [5.74, 6) is 0.951. The average Bonchev–Trinajstić information content (AvgIpc) is 2.29. The number of unbranched alkanes of at least 4 members (excludes halogenated alkanes) is 1. The molecule has 3 heteroatoms. The highest BCUT2D eigenvalue weighted by molar-refractivity contribution is 5.36. The van der Waals surface area contributed by atoms with Crippen molar-refractivity contribution in [1.82, 2.24) is 5.32 Å². The molecule has 3 N–H and O–H groups in total. The Kier molecular flexibility index (Phi) is 5.90. The number of aryl methyl sites for hydroxylation is 1. The van der Waals surface area contributed by atoms with Crippen LogP contribution < -0.4 is 15.8 Å². The number of rotatable bonds is 7. The molecule has 0 fully saturated rings. The lowest BCUT2D eigenvalue weighted by atomic mass is 10.1. The SMILES string of the molecule is COc1ccc(CNCCCCN)cc1C. The summed E-state index contributed by atoms with van der Waals surface area (Å²) >= 11 is 0. The lowest BCUT2D eigenvalue weighted by Crippen LogP contribution is -2.15. The van der Waals surface area contributed by atoms with Gasteiger partial charge in [-0.15, -0.1) is 0 Å². The molecule has 0 radical (unpaired) electrons. The number of hydrogen-bond acceptors (Lipinski definition) is 3. The highest BCUT2D eigenvalue weighted by Gasteiger charge is 1.99. The summed E-state index contributed by atoms with van der Waals surface area (Å²) in [6.07, 6.45) is 2.24. The zero-order valence-electron chi connectivity index (χ0n) is 10.3. The Hall–Kier alpha value is -1.06. The van der Waals surface area contributed by atoms with Gasteiger partial charge in [-0.25, -0.2) is 0 Å². The molecule has 0 saturated carbocycles. The van der Waals surface area contributed by atoms with E-state index in [4.69, 9.17) is 10.5 Å². The molecular formula is C13H22N2O. The first-order chi connectivity index (χ1) is 7.77. The largest absolute Gasteiger partial charge is 0.496 e. The van der Waals surface area contributed by atoms with E-state index in [-0.39, 0.29) is 0 Å². The minimum absolute atomic E-state index is 0.781. The van der Waals surface area contributed by atoms with Gasteiger partial charge < -0.3 is 15.8 Å². The first-order valence-electron chi connectivity index (χ1n) is 5.82. The van der Waals surface area contributed by atoms with Gasteiger partial charge in [0.1, 0.15) is 5.75 Å². The quantitative estimate of drug-likeness (QED) is 0.692. The topological polar surface area (TPSA) is 47.3 Å². The van der Waals surface area contributed by atoms with Crippen molar-refractivity contribution in [3.63, 3.8) is 0 Å². The van der Waals surface area contributed by atoms with E-state index in [0.717, 1.165) is 38.2 Å². The summed E-state index contributed by atoms with van der Waals surface area (Å²) in [5.41, 5.74) is 7.91. The Morgan fingerprint density at radius 1 is 1.31 bits per heavy atom. The Labute approximate surface area is 98.0 Å². The normalized spacial score (nSPS) is 10.4. The van der Waals surface area contributed by atoms with Gasteiger partial charge in [0.15, 0.2) is 0 Å². The van der Waals surface area contributed by atoms with Crippen LogP contribution in [0.5, 0.6) is 5.75 Å². The molecule has 0 unspecified atom stereocenters. The van der Waals surface area contributed by atoms with Crippen molar-refractivity contribution in [1.29, 1.82) is 0 Å². The molecule has 90 valence electrons. The van der Waals surface area contributed by atoms with Crippen LogP contribution in [0.1, 0.15) is 24.0 Å². The molecule has 0 amide bonds. The Morgan fingerprint density at radius 2 is 2.12 bits per heavy atom. The Morgan fingerprint density at radius 3 is 2.75 bits per heavy atom. The van der Waals surface area contributed by atoms with E-state index in [2.05, 4.69) is 24.4 Å². The van der Waals surface area contributed by atoms with E-state index in [1.165, 1.54) is 11.1 Å². The van der Waals surface area contributed by atoms with Gasteiger partial charge in [-0.05, 0) is 50.0 Å². The molecular weight excluding hydrogens is 200 g/mol. The molecule has 0 bridgehead atoms. The minimum atomic E-state index is 0.781. The number of nitrogens with two attached hydrogens (primary N) is 1. The monoisotopic (exact) mass is 222 g/mol. The summed E-state index contributed by atoms with van der Waals surface area (Å²) in [4.78, 5) is 0. The van der Waals surface area contributed by atoms with Crippen LogP contribution in [0.15, 0.2) is 18.2 Å². The molecule has 1 aromatic rings. The third-order valence-corrected chi connectivity index (χ3v) is 2.60.